The molecule has 2 aromatic rings. The van der Waals surface area contributed by atoms with Crippen LogP contribution in [0.1, 0.15) is 29.6 Å². The lowest BCUT2D eigenvalue weighted by molar-refractivity contribution is -0.148. The van der Waals surface area contributed by atoms with Crippen LogP contribution in [0, 0.1) is 17.2 Å². The number of esters is 1. The molecule has 0 radical (unpaired) electrons. The molecule has 154 valence electrons. The lowest BCUT2D eigenvalue weighted by atomic mass is 9.98. The molecule has 2 heterocycles. The fraction of sp³-hybridized carbons (Fsp3) is 0.450. The number of benzene rings is 1. The van der Waals surface area contributed by atoms with Crippen molar-refractivity contribution in [1.82, 2.24) is 8.87 Å². The lowest BCUT2D eigenvalue weighted by Gasteiger charge is -2.28. The van der Waals surface area contributed by atoms with Crippen LogP contribution in [0.2, 0.25) is 0 Å². The van der Waals surface area contributed by atoms with E-state index in [1.54, 1.807) is 6.20 Å². The first-order valence-corrected chi connectivity index (χ1v) is 11.3. The number of nitriles is 1. The Kier molecular flexibility index (Phi) is 6.35. The van der Waals surface area contributed by atoms with Gasteiger partial charge in [-0.15, -0.1) is 0 Å². The minimum absolute atomic E-state index is 0.277. The minimum atomic E-state index is -3.26. The molecule has 0 atom stereocenters. The van der Waals surface area contributed by atoms with Gasteiger partial charge in [-0.2, -0.15) is 5.26 Å². The molecule has 0 N–H and O–H groups in total. The number of aryl methyl sites for hydroxylation is 1. The molecule has 0 bridgehead atoms. The summed E-state index contributed by atoms with van der Waals surface area (Å²) in [4.78, 5) is 25.0. The number of aromatic nitrogens is 1. The second-order valence-electron chi connectivity index (χ2n) is 7.13. The van der Waals surface area contributed by atoms with Gasteiger partial charge in [0, 0.05) is 42.3 Å². The number of hydrogen-bond acceptors (Lipinski definition) is 6. The van der Waals surface area contributed by atoms with Crippen molar-refractivity contribution in [2.75, 3.05) is 26.0 Å². The smallest absolute Gasteiger partial charge is 0.309 e. The van der Waals surface area contributed by atoms with Gasteiger partial charge in [-0.1, -0.05) is 18.2 Å². The normalized spacial score (nSPS) is 15.9. The van der Waals surface area contributed by atoms with Crippen molar-refractivity contribution in [3.8, 4) is 6.07 Å². The number of nitrogens with zero attached hydrogens (tertiary/aromatic N) is 3. The summed E-state index contributed by atoms with van der Waals surface area (Å²) < 4.78 is 31.6. The maximum atomic E-state index is 12.7. The molecule has 9 heteroatoms. The molecular formula is C20H23N3O5S. The van der Waals surface area contributed by atoms with Gasteiger partial charge in [-0.25, -0.2) is 12.7 Å². The zero-order chi connectivity index (χ0) is 21.0. The Labute approximate surface area is 169 Å². The van der Waals surface area contributed by atoms with Crippen LogP contribution in [0.15, 0.2) is 30.5 Å². The van der Waals surface area contributed by atoms with E-state index in [1.165, 1.54) is 4.31 Å². The third-order valence-corrected chi connectivity index (χ3v) is 6.46. The molecule has 1 aliphatic rings. The molecular weight excluding hydrogens is 394 g/mol. The Balaban J connectivity index is 1.63. The average Bonchev–Trinajstić information content (AvgIpc) is 3.08. The predicted octanol–water partition coefficient (Wildman–Crippen LogP) is 1.95. The van der Waals surface area contributed by atoms with Crippen LogP contribution in [0.4, 0.5) is 0 Å². The van der Waals surface area contributed by atoms with Crippen molar-refractivity contribution in [2.45, 2.75) is 25.8 Å². The van der Waals surface area contributed by atoms with Gasteiger partial charge < -0.3 is 9.30 Å². The zero-order valence-electron chi connectivity index (χ0n) is 16.2. The van der Waals surface area contributed by atoms with E-state index in [-0.39, 0.29) is 25.5 Å². The van der Waals surface area contributed by atoms with E-state index in [9.17, 15) is 18.0 Å². The summed E-state index contributed by atoms with van der Waals surface area (Å²) >= 11 is 0. The summed E-state index contributed by atoms with van der Waals surface area (Å²) in [6, 6.07) is 9.49. The number of Topliss-reactive ketones (excluding diaryl/α,β-unsaturated/α-hetero) is 1. The molecule has 1 aromatic carbocycles. The largest absolute Gasteiger partial charge is 0.457 e. The molecule has 0 saturated carbocycles. The average molecular weight is 417 g/mol. The number of ketones is 1. The first kappa shape index (κ1) is 21.0. The Morgan fingerprint density at radius 3 is 2.59 bits per heavy atom. The summed E-state index contributed by atoms with van der Waals surface area (Å²) in [5.41, 5.74) is 1.31. The topological polar surface area (TPSA) is 109 Å². The first-order valence-electron chi connectivity index (χ1n) is 9.41. The summed E-state index contributed by atoms with van der Waals surface area (Å²) in [5.74, 6) is -1.18. The van der Waals surface area contributed by atoms with Crippen molar-refractivity contribution < 1.29 is 22.7 Å². The quantitative estimate of drug-likeness (QED) is 0.503. The lowest BCUT2D eigenvalue weighted by Crippen LogP contribution is -2.40. The van der Waals surface area contributed by atoms with Crippen molar-refractivity contribution in [1.29, 1.82) is 5.26 Å². The molecule has 1 fully saturated rings. The summed E-state index contributed by atoms with van der Waals surface area (Å²) in [5, 5.41) is 9.58. The summed E-state index contributed by atoms with van der Waals surface area (Å²) in [6.45, 7) is 0.665. The molecule has 0 unspecified atom stereocenters. The molecule has 3 rings (SSSR count). The Morgan fingerprint density at radius 2 is 1.93 bits per heavy atom. The van der Waals surface area contributed by atoms with Gasteiger partial charge in [0.05, 0.1) is 24.7 Å². The van der Waals surface area contributed by atoms with E-state index < -0.39 is 21.9 Å². The number of sulfonamides is 1. The van der Waals surface area contributed by atoms with Crippen LogP contribution in [0.25, 0.3) is 10.9 Å². The van der Waals surface area contributed by atoms with Crippen molar-refractivity contribution in [3.05, 3.63) is 36.0 Å². The number of hydrogen-bond donors (Lipinski definition) is 0. The molecule has 29 heavy (non-hydrogen) atoms. The number of piperidine rings is 1. The van der Waals surface area contributed by atoms with Crippen molar-refractivity contribution >= 4 is 32.7 Å². The van der Waals surface area contributed by atoms with Crippen LogP contribution >= 0.6 is 0 Å². The van der Waals surface area contributed by atoms with E-state index in [2.05, 4.69) is 6.07 Å². The van der Waals surface area contributed by atoms with E-state index in [1.807, 2.05) is 28.8 Å². The van der Waals surface area contributed by atoms with E-state index in [0.717, 1.165) is 17.2 Å². The molecule has 0 aliphatic carbocycles. The highest BCUT2D eigenvalue weighted by molar-refractivity contribution is 7.88. The van der Waals surface area contributed by atoms with Gasteiger partial charge in [0.2, 0.25) is 15.8 Å². The van der Waals surface area contributed by atoms with Crippen LogP contribution in [-0.2, 0) is 26.1 Å². The summed E-state index contributed by atoms with van der Waals surface area (Å²) in [6.07, 6.45) is 3.94. The number of ether oxygens (including phenoxy) is 1. The van der Waals surface area contributed by atoms with Gasteiger partial charge in [0.1, 0.15) is 0 Å². The van der Waals surface area contributed by atoms with Gasteiger partial charge >= 0.3 is 5.97 Å². The maximum absolute atomic E-state index is 12.7. The van der Waals surface area contributed by atoms with Crippen LogP contribution in [-0.4, -0.2) is 55.0 Å². The third-order valence-electron chi connectivity index (χ3n) is 5.16. The SMILES string of the molecule is CS(=O)(=O)N1CCC(C(=O)OCC(=O)c2cn(CCC#N)c3ccccc23)CC1. The highest BCUT2D eigenvalue weighted by Crippen LogP contribution is 2.23. The summed E-state index contributed by atoms with van der Waals surface area (Å²) in [7, 11) is -3.26. The second-order valence-corrected chi connectivity index (χ2v) is 9.11. The van der Waals surface area contributed by atoms with Gasteiger partial charge in [0.25, 0.3) is 0 Å². The van der Waals surface area contributed by atoms with Crippen LogP contribution in [0.5, 0.6) is 0 Å². The number of para-hydroxylation sites is 1. The van der Waals surface area contributed by atoms with Crippen LogP contribution < -0.4 is 0 Å². The third kappa shape index (κ3) is 4.83. The molecule has 1 aromatic heterocycles. The second kappa shape index (κ2) is 8.76. The maximum Gasteiger partial charge on any atom is 0.309 e. The highest BCUT2D eigenvalue weighted by atomic mass is 32.2. The fourth-order valence-electron chi connectivity index (χ4n) is 3.58. The number of carbonyl (C=O) groups is 2. The van der Waals surface area contributed by atoms with Crippen LogP contribution in [0.3, 0.4) is 0 Å². The molecule has 0 spiro atoms. The van der Waals surface area contributed by atoms with E-state index in [4.69, 9.17) is 10.00 Å². The van der Waals surface area contributed by atoms with Gasteiger partial charge in [-0.05, 0) is 18.9 Å². The van der Waals surface area contributed by atoms with Gasteiger partial charge in [-0.3, -0.25) is 9.59 Å². The number of rotatable bonds is 7. The van der Waals surface area contributed by atoms with E-state index in [0.29, 0.717) is 31.4 Å². The molecule has 1 aliphatic heterocycles. The molecule has 8 nitrogen and oxygen atoms in total. The Morgan fingerprint density at radius 1 is 1.24 bits per heavy atom. The number of fused-ring (bicyclic) bond motifs is 1. The highest BCUT2D eigenvalue weighted by Gasteiger charge is 2.30. The molecule has 0 amide bonds. The first-order chi connectivity index (χ1) is 13.8. The van der Waals surface area contributed by atoms with Gasteiger partial charge in [0.15, 0.2) is 6.61 Å². The van der Waals surface area contributed by atoms with Crippen molar-refractivity contribution in [3.63, 3.8) is 0 Å². The number of carbonyl (C=O) groups excluding carboxylic acids is 2. The van der Waals surface area contributed by atoms with Crippen molar-refractivity contribution in [2.24, 2.45) is 5.92 Å². The minimum Gasteiger partial charge on any atom is -0.457 e. The molecule has 1 saturated heterocycles. The van der Waals surface area contributed by atoms with E-state index >= 15 is 0 Å². The zero-order valence-corrected chi connectivity index (χ0v) is 17.0. The fourth-order valence-corrected chi connectivity index (χ4v) is 4.45. The Bertz CT molecular complexity index is 1060. The standard InChI is InChI=1S/C20H23N3O5S/c1-29(26,27)23-11-7-15(8-12-23)20(25)28-14-19(24)17-13-22(10-4-9-21)18-6-3-2-5-16(17)18/h2-3,5-6,13,15H,4,7-8,10-12,14H2,1H3. The monoisotopic (exact) mass is 417 g/mol. The predicted molar refractivity (Wildman–Crippen MR) is 107 cm³/mol. The Hall–Kier alpha value is -2.70.